The van der Waals surface area contributed by atoms with E-state index in [-0.39, 0.29) is 0 Å². The third-order valence-electron chi connectivity index (χ3n) is 4.05. The van der Waals surface area contributed by atoms with E-state index in [1.165, 1.54) is 0 Å². The summed E-state index contributed by atoms with van der Waals surface area (Å²) in [6.45, 7) is 8.04. The van der Waals surface area contributed by atoms with Crippen molar-refractivity contribution in [1.82, 2.24) is 19.9 Å². The van der Waals surface area contributed by atoms with Crippen molar-refractivity contribution in [2.75, 3.05) is 18.0 Å². The van der Waals surface area contributed by atoms with Crippen molar-refractivity contribution in [2.45, 2.75) is 39.5 Å². The maximum absolute atomic E-state index is 4.56. The molecule has 3 heterocycles. The van der Waals surface area contributed by atoms with Crippen LogP contribution in [-0.4, -0.2) is 33.0 Å². The van der Waals surface area contributed by atoms with Crippen LogP contribution in [0.4, 0.5) is 5.95 Å². The Hall–Kier alpha value is -2.04. The Labute approximate surface area is 125 Å². The SMILES string of the molecule is Cc1cc(C)nc(N2CCC(c3nccnc3C)CC2)n1. The van der Waals surface area contributed by atoms with Gasteiger partial charge in [0.25, 0.3) is 0 Å². The summed E-state index contributed by atoms with van der Waals surface area (Å²) in [4.78, 5) is 20.3. The molecule has 0 amide bonds. The summed E-state index contributed by atoms with van der Waals surface area (Å²) in [5.41, 5.74) is 4.27. The van der Waals surface area contributed by atoms with Gasteiger partial charge in [0.05, 0.1) is 11.4 Å². The predicted octanol–water partition coefficient (Wildman–Crippen LogP) is 2.58. The number of piperidine rings is 1. The fourth-order valence-electron chi connectivity index (χ4n) is 3.02. The van der Waals surface area contributed by atoms with Gasteiger partial charge in [-0.3, -0.25) is 9.97 Å². The molecule has 0 atom stereocenters. The first-order valence-electron chi connectivity index (χ1n) is 7.48. The lowest BCUT2D eigenvalue weighted by Crippen LogP contribution is -2.34. The molecule has 1 aliphatic rings. The molecule has 110 valence electrons. The van der Waals surface area contributed by atoms with Crippen LogP contribution in [0, 0.1) is 20.8 Å². The molecule has 2 aromatic rings. The third kappa shape index (κ3) is 3.01. The molecule has 0 saturated carbocycles. The minimum Gasteiger partial charge on any atom is -0.341 e. The summed E-state index contributed by atoms with van der Waals surface area (Å²) < 4.78 is 0. The molecule has 5 nitrogen and oxygen atoms in total. The number of anilines is 1. The number of nitrogens with zero attached hydrogens (tertiary/aromatic N) is 5. The van der Waals surface area contributed by atoms with E-state index < -0.39 is 0 Å². The first kappa shape index (κ1) is 13.9. The Morgan fingerprint density at radius 3 is 2.19 bits per heavy atom. The number of aryl methyl sites for hydroxylation is 3. The molecule has 5 heteroatoms. The molecule has 0 spiro atoms. The molecule has 0 unspecified atom stereocenters. The smallest absolute Gasteiger partial charge is 0.225 e. The number of hydrogen-bond acceptors (Lipinski definition) is 5. The van der Waals surface area contributed by atoms with Gasteiger partial charge in [-0.1, -0.05) is 0 Å². The van der Waals surface area contributed by atoms with Crippen LogP contribution < -0.4 is 4.90 Å². The van der Waals surface area contributed by atoms with E-state index in [1.807, 2.05) is 26.8 Å². The molecule has 3 rings (SSSR count). The highest BCUT2D eigenvalue weighted by molar-refractivity contribution is 5.33. The van der Waals surface area contributed by atoms with Crippen LogP contribution in [0.1, 0.15) is 41.5 Å². The van der Waals surface area contributed by atoms with E-state index in [1.54, 1.807) is 12.4 Å². The van der Waals surface area contributed by atoms with E-state index in [0.717, 1.165) is 54.7 Å². The summed E-state index contributed by atoms with van der Waals surface area (Å²) in [5.74, 6) is 1.36. The van der Waals surface area contributed by atoms with E-state index in [9.17, 15) is 0 Å². The quantitative estimate of drug-likeness (QED) is 0.848. The lowest BCUT2D eigenvalue weighted by Gasteiger charge is -2.32. The minimum atomic E-state index is 0.501. The standard InChI is InChI=1S/C16H21N5/c1-11-10-12(2)20-16(19-11)21-8-4-14(5-9-21)15-13(3)17-6-7-18-15/h6-7,10,14H,4-5,8-9H2,1-3H3. The van der Waals surface area contributed by atoms with Crippen molar-refractivity contribution in [3.63, 3.8) is 0 Å². The molecule has 2 aromatic heterocycles. The number of aromatic nitrogens is 4. The molecule has 1 saturated heterocycles. The predicted molar refractivity (Wildman–Crippen MR) is 82.5 cm³/mol. The van der Waals surface area contributed by atoms with Crippen LogP contribution in [-0.2, 0) is 0 Å². The van der Waals surface area contributed by atoms with Crippen molar-refractivity contribution in [1.29, 1.82) is 0 Å². The molecule has 1 fully saturated rings. The lowest BCUT2D eigenvalue weighted by atomic mass is 9.92. The van der Waals surface area contributed by atoms with E-state index in [2.05, 4.69) is 24.8 Å². The van der Waals surface area contributed by atoms with Crippen LogP contribution in [0.2, 0.25) is 0 Å². The monoisotopic (exact) mass is 283 g/mol. The molecule has 0 N–H and O–H groups in total. The molecule has 0 aliphatic carbocycles. The van der Waals surface area contributed by atoms with Crippen molar-refractivity contribution < 1.29 is 0 Å². The number of hydrogen-bond donors (Lipinski definition) is 0. The van der Waals surface area contributed by atoms with Gasteiger partial charge in [-0.25, -0.2) is 9.97 Å². The second kappa shape index (κ2) is 5.76. The normalized spacial score (nSPS) is 16.2. The molecular formula is C16H21N5. The zero-order valence-electron chi connectivity index (χ0n) is 12.9. The molecule has 0 bridgehead atoms. The van der Waals surface area contributed by atoms with Gasteiger partial charge in [0.2, 0.25) is 5.95 Å². The molecule has 0 radical (unpaired) electrons. The zero-order chi connectivity index (χ0) is 14.8. The lowest BCUT2D eigenvalue weighted by molar-refractivity contribution is 0.486. The van der Waals surface area contributed by atoms with Gasteiger partial charge >= 0.3 is 0 Å². The summed E-state index contributed by atoms with van der Waals surface area (Å²) in [7, 11) is 0. The Kier molecular flexibility index (Phi) is 3.82. The van der Waals surface area contributed by atoms with Crippen molar-refractivity contribution in [3.8, 4) is 0 Å². The first-order chi connectivity index (χ1) is 10.1. The number of rotatable bonds is 2. The van der Waals surface area contributed by atoms with Crippen LogP contribution in [0.25, 0.3) is 0 Å². The largest absolute Gasteiger partial charge is 0.341 e. The van der Waals surface area contributed by atoms with Gasteiger partial charge in [0.1, 0.15) is 0 Å². The van der Waals surface area contributed by atoms with Crippen molar-refractivity contribution in [3.05, 3.63) is 41.2 Å². The summed E-state index contributed by atoms with van der Waals surface area (Å²) >= 11 is 0. The Morgan fingerprint density at radius 1 is 0.952 bits per heavy atom. The van der Waals surface area contributed by atoms with Gasteiger partial charge in [-0.2, -0.15) is 0 Å². The molecular weight excluding hydrogens is 262 g/mol. The first-order valence-corrected chi connectivity index (χ1v) is 7.48. The van der Waals surface area contributed by atoms with Gasteiger partial charge in [0.15, 0.2) is 0 Å². The zero-order valence-corrected chi connectivity index (χ0v) is 12.9. The average Bonchev–Trinajstić information content (AvgIpc) is 2.47. The summed E-state index contributed by atoms with van der Waals surface area (Å²) in [6.07, 6.45) is 5.71. The highest BCUT2D eigenvalue weighted by Gasteiger charge is 2.24. The van der Waals surface area contributed by atoms with Gasteiger partial charge in [-0.15, -0.1) is 0 Å². The molecule has 0 aromatic carbocycles. The van der Waals surface area contributed by atoms with Gasteiger partial charge < -0.3 is 4.90 Å². The molecule has 21 heavy (non-hydrogen) atoms. The fraction of sp³-hybridized carbons (Fsp3) is 0.500. The third-order valence-corrected chi connectivity index (χ3v) is 4.05. The maximum atomic E-state index is 4.56. The van der Waals surface area contributed by atoms with Crippen LogP contribution in [0.3, 0.4) is 0 Å². The summed E-state index contributed by atoms with van der Waals surface area (Å²) in [6, 6.07) is 2.01. The Balaban J connectivity index is 1.72. The van der Waals surface area contributed by atoms with Gasteiger partial charge in [-0.05, 0) is 39.7 Å². The summed E-state index contributed by atoms with van der Waals surface area (Å²) in [5, 5.41) is 0. The Bertz CT molecular complexity index is 612. The van der Waals surface area contributed by atoms with E-state index in [0.29, 0.717) is 5.92 Å². The Morgan fingerprint density at radius 2 is 1.57 bits per heavy atom. The second-order valence-electron chi connectivity index (χ2n) is 5.74. The van der Waals surface area contributed by atoms with Crippen LogP contribution in [0.15, 0.2) is 18.5 Å². The average molecular weight is 283 g/mol. The van der Waals surface area contributed by atoms with Crippen LogP contribution >= 0.6 is 0 Å². The molecule has 1 aliphatic heterocycles. The highest BCUT2D eigenvalue weighted by atomic mass is 15.3. The second-order valence-corrected chi connectivity index (χ2v) is 5.74. The van der Waals surface area contributed by atoms with Gasteiger partial charge in [0, 0.05) is 42.8 Å². The fourth-order valence-corrected chi connectivity index (χ4v) is 3.02. The van der Waals surface area contributed by atoms with E-state index in [4.69, 9.17) is 0 Å². The van der Waals surface area contributed by atoms with Crippen LogP contribution in [0.5, 0.6) is 0 Å². The van der Waals surface area contributed by atoms with Crippen molar-refractivity contribution in [2.24, 2.45) is 0 Å². The topological polar surface area (TPSA) is 54.8 Å². The van der Waals surface area contributed by atoms with E-state index >= 15 is 0 Å². The minimum absolute atomic E-state index is 0.501. The highest BCUT2D eigenvalue weighted by Crippen LogP contribution is 2.29. The maximum Gasteiger partial charge on any atom is 0.225 e. The van der Waals surface area contributed by atoms with Crippen molar-refractivity contribution >= 4 is 5.95 Å².